The van der Waals surface area contributed by atoms with E-state index in [2.05, 4.69) is 48.1 Å². The molecule has 29 heavy (non-hydrogen) atoms. The van der Waals surface area contributed by atoms with E-state index >= 15 is 0 Å². The van der Waals surface area contributed by atoms with E-state index in [-0.39, 0.29) is 12.0 Å². The summed E-state index contributed by atoms with van der Waals surface area (Å²) in [5, 5.41) is 6.05. The second kappa shape index (κ2) is 8.62. The molecule has 1 saturated heterocycles. The molecular weight excluding hydrogens is 362 g/mol. The van der Waals surface area contributed by atoms with Crippen LogP contribution in [0.3, 0.4) is 0 Å². The topological polar surface area (TPSA) is 48.4 Å². The number of carbonyl (C=O) groups excluding carboxylic acids is 1. The van der Waals surface area contributed by atoms with E-state index < -0.39 is 0 Å². The lowest BCUT2D eigenvalue weighted by atomic mass is 10.0. The monoisotopic (exact) mass is 389 g/mol. The zero-order valence-corrected chi connectivity index (χ0v) is 17.0. The fourth-order valence-electron chi connectivity index (χ4n) is 3.61. The summed E-state index contributed by atoms with van der Waals surface area (Å²) in [6, 6.07) is 17.9. The van der Waals surface area contributed by atoms with Crippen LogP contribution in [0, 0.1) is 0 Å². The molecule has 2 aromatic rings. The lowest BCUT2D eigenvalue weighted by molar-refractivity contribution is -0.114. The van der Waals surface area contributed by atoms with Crippen LogP contribution in [0.4, 0.5) is 11.4 Å². The predicted octanol–water partition coefficient (Wildman–Crippen LogP) is 4.50. The van der Waals surface area contributed by atoms with Crippen molar-refractivity contribution in [2.45, 2.75) is 32.8 Å². The van der Waals surface area contributed by atoms with Gasteiger partial charge in [0.2, 0.25) is 0 Å². The average Bonchev–Trinajstić information content (AvgIpc) is 3.54. The molecule has 5 nitrogen and oxygen atoms in total. The number of para-hydroxylation sites is 1. The molecule has 0 bridgehead atoms. The maximum Gasteiger partial charge on any atom is 0.280 e. The Morgan fingerprint density at radius 2 is 1.72 bits per heavy atom. The highest BCUT2D eigenvalue weighted by Crippen LogP contribution is 2.30. The number of amides is 1. The Labute approximate surface area is 172 Å². The van der Waals surface area contributed by atoms with Gasteiger partial charge in [0.15, 0.2) is 0 Å². The van der Waals surface area contributed by atoms with Crippen LogP contribution < -0.4 is 9.91 Å². The zero-order chi connectivity index (χ0) is 20.2. The largest absolute Gasteiger partial charge is 0.372 e. The van der Waals surface area contributed by atoms with Crippen LogP contribution in [0.2, 0.25) is 0 Å². The van der Waals surface area contributed by atoms with E-state index in [1.54, 1.807) is 0 Å². The molecule has 1 unspecified atom stereocenters. The molecular formula is C24H27N3O2. The number of hydrogen-bond donors (Lipinski definition) is 0. The molecule has 2 aliphatic rings. The summed E-state index contributed by atoms with van der Waals surface area (Å²) in [6.07, 6.45) is 4.09. The highest BCUT2D eigenvalue weighted by molar-refractivity contribution is 6.34. The number of hydrogen-bond acceptors (Lipinski definition) is 4. The molecule has 0 spiro atoms. The van der Waals surface area contributed by atoms with Gasteiger partial charge in [0.25, 0.3) is 5.91 Å². The summed E-state index contributed by atoms with van der Waals surface area (Å²) < 4.78 is 5.44. The smallest absolute Gasteiger partial charge is 0.280 e. The molecule has 1 atom stereocenters. The minimum atomic E-state index is -0.107. The highest BCUT2D eigenvalue weighted by Gasteiger charge is 2.41. The fourth-order valence-corrected chi connectivity index (χ4v) is 3.61. The van der Waals surface area contributed by atoms with Gasteiger partial charge >= 0.3 is 0 Å². The van der Waals surface area contributed by atoms with Crippen molar-refractivity contribution in [1.82, 2.24) is 0 Å². The van der Waals surface area contributed by atoms with Crippen molar-refractivity contribution in [2.24, 2.45) is 5.10 Å². The summed E-state index contributed by atoms with van der Waals surface area (Å²) in [5.74, 6) is -0.107. The Morgan fingerprint density at radius 1 is 1.07 bits per heavy atom. The van der Waals surface area contributed by atoms with Crippen molar-refractivity contribution in [2.75, 3.05) is 29.6 Å². The Hall–Kier alpha value is -2.92. The third-order valence-corrected chi connectivity index (χ3v) is 5.10. The zero-order valence-electron chi connectivity index (χ0n) is 17.0. The van der Waals surface area contributed by atoms with Crippen molar-refractivity contribution in [3.8, 4) is 0 Å². The Balaban J connectivity index is 1.60. The highest BCUT2D eigenvalue weighted by atomic mass is 16.6. The standard InChI is InChI=1S/C24H27N3O2/c1-3-14-26(15-4-2)19-12-10-18(11-13-19)16-21-23(22-17-29-22)25-27(24(21)28)20-8-6-5-7-9-20/h5-13,16,22H,3-4,14-15,17H2,1-2H3/b21-16+. The van der Waals surface area contributed by atoms with E-state index in [0.717, 1.165) is 42.9 Å². The summed E-state index contributed by atoms with van der Waals surface area (Å²) in [6.45, 7) is 7.12. The van der Waals surface area contributed by atoms with Crippen molar-refractivity contribution in [1.29, 1.82) is 0 Å². The van der Waals surface area contributed by atoms with E-state index in [0.29, 0.717) is 12.2 Å². The number of ether oxygens (including phenoxy) is 1. The number of anilines is 2. The SMILES string of the molecule is CCCN(CCC)c1ccc(/C=C2/C(=O)N(c3ccccc3)N=C2C2CO2)cc1. The first kappa shape index (κ1) is 19.4. The minimum absolute atomic E-state index is 0.0808. The van der Waals surface area contributed by atoms with Crippen LogP contribution in [0.1, 0.15) is 32.3 Å². The summed E-state index contributed by atoms with van der Waals surface area (Å²) in [4.78, 5) is 15.5. The second-order valence-electron chi connectivity index (χ2n) is 7.40. The molecule has 150 valence electrons. The van der Waals surface area contributed by atoms with Crippen LogP contribution in [0.25, 0.3) is 6.08 Å². The van der Waals surface area contributed by atoms with Gasteiger partial charge in [-0.15, -0.1) is 0 Å². The fraction of sp³-hybridized carbons (Fsp3) is 0.333. The van der Waals surface area contributed by atoms with Crippen LogP contribution in [-0.4, -0.2) is 37.4 Å². The molecule has 1 amide bonds. The van der Waals surface area contributed by atoms with E-state index in [4.69, 9.17) is 4.74 Å². The molecule has 2 aliphatic heterocycles. The second-order valence-corrected chi connectivity index (χ2v) is 7.40. The lowest BCUT2D eigenvalue weighted by Gasteiger charge is -2.23. The van der Waals surface area contributed by atoms with Crippen molar-refractivity contribution < 1.29 is 9.53 Å². The van der Waals surface area contributed by atoms with Gasteiger partial charge in [-0.1, -0.05) is 44.2 Å². The number of carbonyl (C=O) groups is 1. The molecule has 0 aliphatic carbocycles. The van der Waals surface area contributed by atoms with Crippen LogP contribution in [-0.2, 0) is 9.53 Å². The van der Waals surface area contributed by atoms with Gasteiger partial charge in [0, 0.05) is 18.8 Å². The average molecular weight is 389 g/mol. The van der Waals surface area contributed by atoms with Crippen LogP contribution in [0.5, 0.6) is 0 Å². The molecule has 0 saturated carbocycles. The van der Waals surface area contributed by atoms with E-state index in [1.807, 2.05) is 36.4 Å². The summed E-state index contributed by atoms with van der Waals surface area (Å²) >= 11 is 0. The number of benzene rings is 2. The minimum Gasteiger partial charge on any atom is -0.372 e. The maximum absolute atomic E-state index is 13.1. The number of epoxide rings is 1. The first-order valence-corrected chi connectivity index (χ1v) is 10.4. The molecule has 0 radical (unpaired) electrons. The van der Waals surface area contributed by atoms with Crippen molar-refractivity contribution >= 4 is 29.1 Å². The normalized spacial score (nSPS) is 19.6. The number of nitrogens with zero attached hydrogens (tertiary/aromatic N) is 3. The predicted molar refractivity (Wildman–Crippen MR) is 118 cm³/mol. The van der Waals surface area contributed by atoms with Gasteiger partial charge in [-0.25, -0.2) is 0 Å². The van der Waals surface area contributed by atoms with Gasteiger partial charge in [-0.3, -0.25) is 4.79 Å². The van der Waals surface area contributed by atoms with E-state index in [9.17, 15) is 4.79 Å². The first-order chi connectivity index (χ1) is 14.2. The Bertz CT molecular complexity index is 909. The summed E-state index contributed by atoms with van der Waals surface area (Å²) in [5.41, 5.74) is 4.32. The molecule has 0 aromatic heterocycles. The lowest BCUT2D eigenvalue weighted by Crippen LogP contribution is -2.24. The molecule has 0 N–H and O–H groups in total. The van der Waals surface area contributed by atoms with Crippen LogP contribution in [0.15, 0.2) is 65.3 Å². The first-order valence-electron chi connectivity index (χ1n) is 10.4. The molecule has 2 aromatic carbocycles. The van der Waals surface area contributed by atoms with Gasteiger partial charge in [-0.05, 0) is 48.7 Å². The third-order valence-electron chi connectivity index (χ3n) is 5.10. The Kier molecular flexibility index (Phi) is 5.76. The Morgan fingerprint density at radius 3 is 2.31 bits per heavy atom. The molecule has 2 heterocycles. The van der Waals surface area contributed by atoms with Crippen molar-refractivity contribution in [3.63, 3.8) is 0 Å². The summed E-state index contributed by atoms with van der Waals surface area (Å²) in [7, 11) is 0. The molecule has 5 heteroatoms. The molecule has 1 fully saturated rings. The van der Waals surface area contributed by atoms with Crippen LogP contribution >= 0.6 is 0 Å². The quantitative estimate of drug-likeness (QED) is 0.493. The van der Waals surface area contributed by atoms with E-state index in [1.165, 1.54) is 10.7 Å². The van der Waals surface area contributed by atoms with Gasteiger partial charge in [0.05, 0.1) is 17.9 Å². The number of rotatable bonds is 8. The van der Waals surface area contributed by atoms with Gasteiger partial charge in [-0.2, -0.15) is 10.1 Å². The maximum atomic E-state index is 13.1. The third kappa shape index (κ3) is 4.25. The molecule has 4 rings (SSSR count). The van der Waals surface area contributed by atoms with Gasteiger partial charge < -0.3 is 9.64 Å². The van der Waals surface area contributed by atoms with Crippen molar-refractivity contribution in [3.05, 3.63) is 65.7 Å². The number of hydrazone groups is 1. The van der Waals surface area contributed by atoms with Gasteiger partial charge in [0.1, 0.15) is 11.8 Å².